The van der Waals surface area contributed by atoms with Crippen molar-refractivity contribution < 1.29 is 0 Å². The standard InChI is InChI=1S/C12H15NOS/c14-10-5-4-6-11-13(10)12(9-15-11)7-2-1-3-8-12/h4-6H,1-3,7-9H2. The topological polar surface area (TPSA) is 22.0 Å². The molecule has 2 aliphatic rings. The van der Waals surface area contributed by atoms with E-state index in [1.54, 1.807) is 6.07 Å². The maximum absolute atomic E-state index is 11.9. The molecule has 0 bridgehead atoms. The normalized spacial score (nSPS) is 22.9. The second kappa shape index (κ2) is 3.41. The number of nitrogens with zero attached hydrogens (tertiary/aromatic N) is 1. The predicted octanol–water partition coefficient (Wildman–Crippen LogP) is 2.61. The number of thioether (sulfide) groups is 1. The molecule has 80 valence electrons. The number of aromatic nitrogens is 1. The van der Waals surface area contributed by atoms with Crippen LogP contribution >= 0.6 is 11.8 Å². The molecule has 1 aromatic heterocycles. The van der Waals surface area contributed by atoms with Crippen LogP contribution in [0.25, 0.3) is 0 Å². The van der Waals surface area contributed by atoms with Crippen LogP contribution in [-0.4, -0.2) is 10.3 Å². The van der Waals surface area contributed by atoms with Crippen LogP contribution in [0.5, 0.6) is 0 Å². The molecule has 0 amide bonds. The van der Waals surface area contributed by atoms with Gasteiger partial charge in [-0.25, -0.2) is 0 Å². The highest BCUT2D eigenvalue weighted by Gasteiger charge is 2.40. The van der Waals surface area contributed by atoms with Crippen molar-refractivity contribution in [2.75, 3.05) is 5.75 Å². The predicted molar refractivity (Wildman–Crippen MR) is 62.5 cm³/mol. The van der Waals surface area contributed by atoms with Crippen LogP contribution < -0.4 is 5.56 Å². The van der Waals surface area contributed by atoms with Gasteiger partial charge in [0.2, 0.25) is 0 Å². The first-order valence-electron chi connectivity index (χ1n) is 5.67. The van der Waals surface area contributed by atoms with Gasteiger partial charge in [0.1, 0.15) is 0 Å². The molecule has 0 unspecified atom stereocenters. The summed E-state index contributed by atoms with van der Waals surface area (Å²) in [6.07, 6.45) is 6.28. The Labute approximate surface area is 93.7 Å². The number of fused-ring (bicyclic) bond motifs is 2. The zero-order chi connectivity index (χ0) is 10.3. The van der Waals surface area contributed by atoms with Crippen LogP contribution in [0.2, 0.25) is 0 Å². The number of pyridine rings is 1. The Hall–Kier alpha value is -0.700. The summed E-state index contributed by atoms with van der Waals surface area (Å²) in [7, 11) is 0. The molecule has 0 saturated heterocycles. The number of rotatable bonds is 0. The van der Waals surface area contributed by atoms with Gasteiger partial charge in [-0.2, -0.15) is 0 Å². The van der Waals surface area contributed by atoms with Crippen LogP contribution in [-0.2, 0) is 5.54 Å². The lowest BCUT2D eigenvalue weighted by Gasteiger charge is -2.34. The zero-order valence-electron chi connectivity index (χ0n) is 8.74. The Kier molecular flexibility index (Phi) is 2.16. The molecule has 1 aliphatic heterocycles. The van der Waals surface area contributed by atoms with E-state index < -0.39 is 0 Å². The summed E-state index contributed by atoms with van der Waals surface area (Å²) >= 11 is 1.85. The Morgan fingerprint density at radius 3 is 2.80 bits per heavy atom. The highest BCUT2D eigenvalue weighted by molar-refractivity contribution is 7.99. The first kappa shape index (κ1) is 9.52. The van der Waals surface area contributed by atoms with Gasteiger partial charge in [-0.05, 0) is 18.9 Å². The molecule has 2 nitrogen and oxygen atoms in total. The minimum Gasteiger partial charge on any atom is -0.296 e. The molecule has 15 heavy (non-hydrogen) atoms. The number of hydrogen-bond donors (Lipinski definition) is 0. The third kappa shape index (κ3) is 1.36. The Morgan fingerprint density at radius 2 is 2.00 bits per heavy atom. The van der Waals surface area contributed by atoms with Crippen LogP contribution in [0.3, 0.4) is 0 Å². The lowest BCUT2D eigenvalue weighted by Crippen LogP contribution is -2.41. The van der Waals surface area contributed by atoms with E-state index in [1.807, 2.05) is 17.8 Å². The summed E-state index contributed by atoms with van der Waals surface area (Å²) in [5.41, 5.74) is 0.357. The van der Waals surface area contributed by atoms with Crippen LogP contribution in [0.4, 0.5) is 0 Å². The van der Waals surface area contributed by atoms with Crippen molar-refractivity contribution >= 4 is 11.8 Å². The molecule has 1 spiro atoms. The molecule has 0 radical (unpaired) electrons. The van der Waals surface area contributed by atoms with Crippen molar-refractivity contribution in [1.82, 2.24) is 4.57 Å². The van der Waals surface area contributed by atoms with Gasteiger partial charge in [0, 0.05) is 11.8 Å². The molecule has 1 saturated carbocycles. The molecule has 1 aliphatic carbocycles. The minimum absolute atomic E-state index is 0.163. The molecule has 1 fully saturated rings. The van der Waals surface area contributed by atoms with Crippen molar-refractivity contribution in [2.24, 2.45) is 0 Å². The van der Waals surface area contributed by atoms with Crippen LogP contribution in [0.1, 0.15) is 32.1 Å². The molecule has 3 heteroatoms. The summed E-state index contributed by atoms with van der Waals surface area (Å²) in [6, 6.07) is 5.66. The second-order valence-corrected chi connectivity index (χ2v) is 5.61. The summed E-state index contributed by atoms with van der Waals surface area (Å²) < 4.78 is 2.07. The van der Waals surface area contributed by atoms with Crippen molar-refractivity contribution in [2.45, 2.75) is 42.7 Å². The summed E-state index contributed by atoms with van der Waals surface area (Å²) in [5, 5.41) is 1.17. The zero-order valence-corrected chi connectivity index (χ0v) is 9.55. The van der Waals surface area contributed by atoms with Gasteiger partial charge >= 0.3 is 0 Å². The van der Waals surface area contributed by atoms with Gasteiger partial charge < -0.3 is 0 Å². The quantitative estimate of drug-likeness (QED) is 0.672. The fourth-order valence-electron chi connectivity index (χ4n) is 2.90. The van der Waals surface area contributed by atoms with E-state index in [0.717, 1.165) is 5.75 Å². The highest BCUT2D eigenvalue weighted by Crippen LogP contribution is 2.44. The van der Waals surface area contributed by atoms with Crippen molar-refractivity contribution in [3.63, 3.8) is 0 Å². The molecule has 2 heterocycles. The fourth-order valence-corrected chi connectivity index (χ4v) is 4.32. The van der Waals surface area contributed by atoms with E-state index in [1.165, 1.54) is 37.1 Å². The molecular weight excluding hydrogens is 206 g/mol. The SMILES string of the molecule is O=c1cccc2n1C1(CCCCC1)CS2. The third-order valence-corrected chi connectivity index (χ3v) is 4.96. The Balaban J connectivity index is 2.13. The van der Waals surface area contributed by atoms with Gasteiger partial charge in [0.25, 0.3) is 5.56 Å². The van der Waals surface area contributed by atoms with E-state index in [-0.39, 0.29) is 11.1 Å². The van der Waals surface area contributed by atoms with Gasteiger partial charge in [-0.15, -0.1) is 11.8 Å². The molecule has 0 N–H and O–H groups in total. The monoisotopic (exact) mass is 221 g/mol. The first-order valence-corrected chi connectivity index (χ1v) is 6.66. The smallest absolute Gasteiger partial charge is 0.251 e. The largest absolute Gasteiger partial charge is 0.296 e. The first-order chi connectivity index (χ1) is 7.32. The molecule has 1 aromatic rings. The van der Waals surface area contributed by atoms with E-state index in [0.29, 0.717) is 0 Å². The lowest BCUT2D eigenvalue weighted by molar-refractivity contribution is 0.215. The minimum atomic E-state index is 0.163. The Morgan fingerprint density at radius 1 is 1.20 bits per heavy atom. The summed E-state index contributed by atoms with van der Waals surface area (Å²) in [6.45, 7) is 0. The summed E-state index contributed by atoms with van der Waals surface area (Å²) in [5.74, 6) is 1.10. The van der Waals surface area contributed by atoms with E-state index in [9.17, 15) is 4.79 Å². The van der Waals surface area contributed by atoms with Crippen LogP contribution in [0, 0.1) is 0 Å². The van der Waals surface area contributed by atoms with Crippen molar-refractivity contribution in [1.29, 1.82) is 0 Å². The third-order valence-electron chi connectivity index (χ3n) is 3.67. The highest BCUT2D eigenvalue weighted by atomic mass is 32.2. The maximum Gasteiger partial charge on any atom is 0.251 e. The van der Waals surface area contributed by atoms with Gasteiger partial charge in [0.05, 0.1) is 10.6 Å². The van der Waals surface area contributed by atoms with E-state index in [2.05, 4.69) is 10.6 Å². The van der Waals surface area contributed by atoms with E-state index in [4.69, 9.17) is 0 Å². The van der Waals surface area contributed by atoms with Gasteiger partial charge in [-0.1, -0.05) is 25.3 Å². The van der Waals surface area contributed by atoms with Crippen molar-refractivity contribution in [3.8, 4) is 0 Å². The molecular formula is C12H15NOS. The maximum atomic E-state index is 11.9. The van der Waals surface area contributed by atoms with Gasteiger partial charge in [0.15, 0.2) is 0 Å². The number of hydrogen-bond acceptors (Lipinski definition) is 2. The molecule has 0 atom stereocenters. The fraction of sp³-hybridized carbons (Fsp3) is 0.583. The lowest BCUT2D eigenvalue weighted by atomic mass is 9.83. The Bertz CT molecular complexity index is 426. The average molecular weight is 221 g/mol. The van der Waals surface area contributed by atoms with Gasteiger partial charge in [-0.3, -0.25) is 9.36 Å². The average Bonchev–Trinajstić information content (AvgIpc) is 2.60. The van der Waals surface area contributed by atoms with Crippen molar-refractivity contribution in [3.05, 3.63) is 28.6 Å². The van der Waals surface area contributed by atoms with Crippen LogP contribution in [0.15, 0.2) is 28.0 Å². The molecule has 3 rings (SSSR count). The summed E-state index contributed by atoms with van der Waals surface area (Å²) in [4.78, 5) is 11.9. The van der Waals surface area contributed by atoms with E-state index >= 15 is 0 Å². The molecule has 0 aromatic carbocycles. The second-order valence-electron chi connectivity index (χ2n) is 4.61.